The lowest BCUT2D eigenvalue weighted by Crippen LogP contribution is -2.44. The SMILES string of the molecule is Cc1ccc(S(=O)(=O)CCC(=O)NNC(=S)Nc2ccc(F)cc2F)cc1. The van der Waals surface area contributed by atoms with E-state index in [0.717, 1.165) is 17.7 Å². The van der Waals surface area contributed by atoms with Crippen LogP contribution in [0.25, 0.3) is 0 Å². The maximum Gasteiger partial charge on any atom is 0.239 e. The Labute approximate surface area is 160 Å². The molecule has 2 rings (SSSR count). The first-order valence-corrected chi connectivity index (χ1v) is 9.84. The van der Waals surface area contributed by atoms with E-state index in [1.807, 2.05) is 6.92 Å². The summed E-state index contributed by atoms with van der Waals surface area (Å²) in [5, 5.41) is 2.30. The fraction of sp³-hybridized carbons (Fsp3) is 0.176. The van der Waals surface area contributed by atoms with E-state index in [1.165, 1.54) is 12.1 Å². The lowest BCUT2D eigenvalue weighted by atomic mass is 10.2. The van der Waals surface area contributed by atoms with Crippen LogP contribution in [0, 0.1) is 18.6 Å². The molecule has 0 atom stereocenters. The van der Waals surface area contributed by atoms with Crippen molar-refractivity contribution in [1.82, 2.24) is 10.9 Å². The number of halogens is 2. The first kappa shape index (κ1) is 20.7. The van der Waals surface area contributed by atoms with Crippen LogP contribution in [0.3, 0.4) is 0 Å². The Morgan fingerprint density at radius 1 is 1.07 bits per heavy atom. The molecule has 0 aromatic heterocycles. The van der Waals surface area contributed by atoms with Gasteiger partial charge in [0.15, 0.2) is 14.9 Å². The predicted molar refractivity (Wildman–Crippen MR) is 102 cm³/mol. The molecular formula is C17H17F2N3O3S2. The zero-order chi connectivity index (χ0) is 20.0. The minimum Gasteiger partial charge on any atom is -0.329 e. The maximum absolute atomic E-state index is 13.5. The van der Waals surface area contributed by atoms with Gasteiger partial charge >= 0.3 is 0 Å². The van der Waals surface area contributed by atoms with Crippen LogP contribution in [-0.4, -0.2) is 25.2 Å². The van der Waals surface area contributed by atoms with Gasteiger partial charge in [0.1, 0.15) is 11.6 Å². The minimum atomic E-state index is -3.59. The monoisotopic (exact) mass is 413 g/mol. The molecule has 2 aromatic rings. The van der Waals surface area contributed by atoms with Gasteiger partial charge in [-0.15, -0.1) is 0 Å². The van der Waals surface area contributed by atoms with Gasteiger partial charge in [-0.05, 0) is 43.4 Å². The standard InChI is InChI=1S/C17H17F2N3O3S2/c1-11-2-5-13(6-3-11)27(24,25)9-8-16(23)21-22-17(26)20-15-7-4-12(18)10-14(15)19/h2-7,10H,8-9H2,1H3,(H,21,23)(H2,20,22,26). The summed E-state index contributed by atoms with van der Waals surface area (Å²) in [4.78, 5) is 11.9. The Morgan fingerprint density at radius 3 is 2.37 bits per heavy atom. The molecule has 0 aliphatic heterocycles. The predicted octanol–water partition coefficient (Wildman–Crippen LogP) is 2.45. The molecule has 0 unspecified atom stereocenters. The van der Waals surface area contributed by atoms with Crippen LogP contribution < -0.4 is 16.2 Å². The molecule has 0 heterocycles. The van der Waals surface area contributed by atoms with Gasteiger partial charge in [-0.25, -0.2) is 17.2 Å². The number of aryl methyl sites for hydroxylation is 1. The molecular weight excluding hydrogens is 396 g/mol. The number of carbonyl (C=O) groups is 1. The van der Waals surface area contributed by atoms with Gasteiger partial charge in [-0.3, -0.25) is 15.6 Å². The first-order chi connectivity index (χ1) is 12.7. The molecule has 0 aliphatic rings. The average Bonchev–Trinajstić information content (AvgIpc) is 2.61. The molecule has 0 radical (unpaired) electrons. The van der Waals surface area contributed by atoms with Crippen LogP contribution in [-0.2, 0) is 14.6 Å². The van der Waals surface area contributed by atoms with Crippen molar-refractivity contribution in [1.29, 1.82) is 0 Å². The van der Waals surface area contributed by atoms with Crippen molar-refractivity contribution in [2.24, 2.45) is 0 Å². The van der Waals surface area contributed by atoms with Gasteiger partial charge in [-0.2, -0.15) is 0 Å². The smallest absolute Gasteiger partial charge is 0.239 e. The number of amides is 1. The number of thiocarbonyl (C=S) groups is 1. The highest BCUT2D eigenvalue weighted by atomic mass is 32.2. The molecule has 6 nitrogen and oxygen atoms in total. The third kappa shape index (κ3) is 6.26. The number of hydrazine groups is 1. The second-order valence-corrected chi connectivity index (χ2v) is 8.15. The molecule has 0 saturated carbocycles. The Hall–Kier alpha value is -2.59. The molecule has 1 amide bonds. The van der Waals surface area contributed by atoms with E-state index in [-0.39, 0.29) is 27.9 Å². The van der Waals surface area contributed by atoms with Crippen LogP contribution in [0.15, 0.2) is 47.4 Å². The van der Waals surface area contributed by atoms with Crippen LogP contribution in [0.1, 0.15) is 12.0 Å². The Balaban J connectivity index is 1.81. The van der Waals surface area contributed by atoms with E-state index in [9.17, 15) is 22.0 Å². The summed E-state index contributed by atoms with van der Waals surface area (Å²) < 4.78 is 50.7. The Morgan fingerprint density at radius 2 is 1.74 bits per heavy atom. The third-order valence-corrected chi connectivity index (χ3v) is 5.41. The molecule has 0 aliphatic carbocycles. The molecule has 2 aromatic carbocycles. The molecule has 0 spiro atoms. The van der Waals surface area contributed by atoms with Crippen molar-refractivity contribution >= 4 is 38.8 Å². The highest BCUT2D eigenvalue weighted by Gasteiger charge is 2.16. The molecule has 0 bridgehead atoms. The molecule has 10 heteroatoms. The quantitative estimate of drug-likeness (QED) is 0.516. The Kier molecular flexibility index (Phi) is 6.81. The minimum absolute atomic E-state index is 0.0786. The summed E-state index contributed by atoms with van der Waals surface area (Å²) in [5.74, 6) is -2.58. The zero-order valence-electron chi connectivity index (χ0n) is 14.3. The van der Waals surface area contributed by atoms with E-state index in [0.29, 0.717) is 6.07 Å². The highest BCUT2D eigenvalue weighted by Crippen LogP contribution is 2.15. The number of benzene rings is 2. The zero-order valence-corrected chi connectivity index (χ0v) is 15.9. The van der Waals surface area contributed by atoms with Crippen LogP contribution in [0.5, 0.6) is 0 Å². The topological polar surface area (TPSA) is 87.3 Å². The van der Waals surface area contributed by atoms with Crippen molar-refractivity contribution in [2.45, 2.75) is 18.2 Å². The molecule has 144 valence electrons. The number of carbonyl (C=O) groups excluding carboxylic acids is 1. The normalized spacial score (nSPS) is 10.9. The molecule has 0 fully saturated rings. The Bertz CT molecular complexity index is 948. The van der Waals surface area contributed by atoms with Crippen molar-refractivity contribution in [3.05, 3.63) is 59.7 Å². The highest BCUT2D eigenvalue weighted by molar-refractivity contribution is 7.91. The number of sulfone groups is 1. The molecule has 27 heavy (non-hydrogen) atoms. The first-order valence-electron chi connectivity index (χ1n) is 7.78. The summed E-state index contributed by atoms with van der Waals surface area (Å²) in [6, 6.07) is 9.19. The number of hydrogen-bond acceptors (Lipinski definition) is 4. The van der Waals surface area contributed by atoms with Crippen LogP contribution in [0.4, 0.5) is 14.5 Å². The lowest BCUT2D eigenvalue weighted by Gasteiger charge is -2.12. The number of anilines is 1. The number of rotatable bonds is 5. The summed E-state index contributed by atoms with van der Waals surface area (Å²) in [6.45, 7) is 1.84. The second kappa shape index (κ2) is 8.87. The molecule has 3 N–H and O–H groups in total. The van der Waals surface area contributed by atoms with Crippen molar-refractivity contribution < 1.29 is 22.0 Å². The lowest BCUT2D eigenvalue weighted by molar-refractivity contribution is -0.121. The average molecular weight is 413 g/mol. The van der Waals surface area contributed by atoms with E-state index in [2.05, 4.69) is 16.2 Å². The largest absolute Gasteiger partial charge is 0.329 e. The van der Waals surface area contributed by atoms with Crippen molar-refractivity contribution in [2.75, 3.05) is 11.1 Å². The van der Waals surface area contributed by atoms with Gasteiger partial charge < -0.3 is 5.32 Å². The second-order valence-electron chi connectivity index (χ2n) is 5.63. The third-order valence-electron chi connectivity index (χ3n) is 3.47. The molecule has 0 saturated heterocycles. The van der Waals surface area contributed by atoms with E-state index in [1.54, 1.807) is 12.1 Å². The van der Waals surface area contributed by atoms with Gasteiger partial charge in [0.2, 0.25) is 5.91 Å². The van der Waals surface area contributed by atoms with Gasteiger partial charge in [0.25, 0.3) is 0 Å². The fourth-order valence-corrected chi connectivity index (χ4v) is 3.43. The van der Waals surface area contributed by atoms with Gasteiger partial charge in [0, 0.05) is 12.5 Å². The fourth-order valence-electron chi connectivity index (χ4n) is 2.02. The van der Waals surface area contributed by atoms with E-state index < -0.39 is 27.4 Å². The van der Waals surface area contributed by atoms with E-state index in [4.69, 9.17) is 12.2 Å². The van der Waals surface area contributed by atoms with E-state index >= 15 is 0 Å². The summed E-state index contributed by atoms with van der Waals surface area (Å²) in [7, 11) is -3.59. The van der Waals surface area contributed by atoms with Crippen LogP contribution >= 0.6 is 12.2 Å². The summed E-state index contributed by atoms with van der Waals surface area (Å²) >= 11 is 4.88. The van der Waals surface area contributed by atoms with Crippen molar-refractivity contribution in [3.63, 3.8) is 0 Å². The summed E-state index contributed by atoms with van der Waals surface area (Å²) in [6.07, 6.45) is -0.295. The van der Waals surface area contributed by atoms with Gasteiger partial charge in [-0.1, -0.05) is 17.7 Å². The summed E-state index contributed by atoms with van der Waals surface area (Å²) in [5.41, 5.74) is 5.38. The number of nitrogens with one attached hydrogen (secondary N) is 3. The van der Waals surface area contributed by atoms with Gasteiger partial charge in [0.05, 0.1) is 16.3 Å². The van der Waals surface area contributed by atoms with Crippen LogP contribution in [0.2, 0.25) is 0 Å². The number of hydrogen-bond donors (Lipinski definition) is 3. The van der Waals surface area contributed by atoms with Crippen molar-refractivity contribution in [3.8, 4) is 0 Å². The maximum atomic E-state index is 13.5.